The smallest absolute Gasteiger partial charge is 0.259 e. The highest BCUT2D eigenvalue weighted by Gasteiger charge is 2.26. The molecule has 7 heteroatoms. The fourth-order valence-corrected chi connectivity index (χ4v) is 3.93. The molecule has 1 saturated carbocycles. The molecule has 0 amide bonds. The summed E-state index contributed by atoms with van der Waals surface area (Å²) in [6, 6.07) is 5.25. The third kappa shape index (κ3) is 2.35. The molecule has 1 fully saturated rings. The number of nitrogens with one attached hydrogen (secondary N) is 1. The predicted octanol–water partition coefficient (Wildman–Crippen LogP) is 2.07. The van der Waals surface area contributed by atoms with Gasteiger partial charge in [0, 0.05) is 12.7 Å². The minimum absolute atomic E-state index is 0.00677. The van der Waals surface area contributed by atoms with Gasteiger partial charge in [0.1, 0.15) is 5.65 Å². The lowest BCUT2D eigenvalue weighted by molar-refractivity contribution is 0.316. The van der Waals surface area contributed by atoms with Crippen molar-refractivity contribution in [2.75, 3.05) is 6.54 Å². The number of nitrogens with zero attached hydrogens (tertiary/aromatic N) is 2. The van der Waals surface area contributed by atoms with E-state index < -0.39 is 10.0 Å². The summed E-state index contributed by atoms with van der Waals surface area (Å²) in [5.74, 6) is 0.452. The van der Waals surface area contributed by atoms with Crippen LogP contribution in [0.3, 0.4) is 0 Å². The Bertz CT molecular complexity index is 707. The molecule has 0 spiro atoms. The van der Waals surface area contributed by atoms with E-state index in [1.54, 1.807) is 24.4 Å². The van der Waals surface area contributed by atoms with Crippen molar-refractivity contribution in [1.82, 2.24) is 14.1 Å². The van der Waals surface area contributed by atoms with Crippen molar-refractivity contribution >= 4 is 27.3 Å². The standard InChI is InChI=1S/C12H14ClN3O2S/c13-11-12(16-7-2-1-6-10(16)15-11)19(17,18)14-8-9-4-3-5-9/h1-2,6-7,9,14H,3-5,8H2. The minimum Gasteiger partial charge on any atom is -0.288 e. The molecule has 1 aliphatic carbocycles. The second-order valence-corrected chi connectivity index (χ2v) is 6.83. The molecule has 1 N–H and O–H groups in total. The molecule has 0 saturated heterocycles. The maximum absolute atomic E-state index is 12.3. The summed E-state index contributed by atoms with van der Waals surface area (Å²) >= 11 is 5.96. The lowest BCUT2D eigenvalue weighted by atomic mass is 9.86. The van der Waals surface area contributed by atoms with Crippen LogP contribution in [0.1, 0.15) is 19.3 Å². The monoisotopic (exact) mass is 299 g/mol. The first-order valence-corrected chi connectivity index (χ1v) is 8.06. The lowest BCUT2D eigenvalue weighted by Gasteiger charge is -2.25. The van der Waals surface area contributed by atoms with Crippen LogP contribution in [0, 0.1) is 5.92 Å². The van der Waals surface area contributed by atoms with Gasteiger partial charge in [-0.05, 0) is 30.9 Å². The highest BCUT2D eigenvalue weighted by molar-refractivity contribution is 7.89. The van der Waals surface area contributed by atoms with Gasteiger partial charge in [0.05, 0.1) is 0 Å². The van der Waals surface area contributed by atoms with Crippen LogP contribution in [-0.2, 0) is 10.0 Å². The predicted molar refractivity (Wildman–Crippen MR) is 72.7 cm³/mol. The van der Waals surface area contributed by atoms with Crippen LogP contribution in [0.25, 0.3) is 5.65 Å². The average molecular weight is 300 g/mol. The first-order valence-electron chi connectivity index (χ1n) is 6.20. The second-order valence-electron chi connectivity index (χ2n) is 4.79. The van der Waals surface area contributed by atoms with E-state index in [-0.39, 0.29) is 10.2 Å². The summed E-state index contributed by atoms with van der Waals surface area (Å²) in [5.41, 5.74) is 0.525. The molecular formula is C12H14ClN3O2S. The number of fused-ring (bicyclic) bond motifs is 1. The third-order valence-electron chi connectivity index (χ3n) is 3.49. The van der Waals surface area contributed by atoms with E-state index in [1.165, 1.54) is 10.8 Å². The quantitative estimate of drug-likeness (QED) is 0.940. The van der Waals surface area contributed by atoms with Crippen LogP contribution in [0.5, 0.6) is 0 Å². The topological polar surface area (TPSA) is 63.5 Å². The summed E-state index contributed by atoms with van der Waals surface area (Å²) < 4.78 is 28.7. The number of hydrogen-bond donors (Lipinski definition) is 1. The summed E-state index contributed by atoms with van der Waals surface area (Å²) in [6.45, 7) is 0.471. The Morgan fingerprint density at radius 1 is 1.42 bits per heavy atom. The molecule has 0 atom stereocenters. The van der Waals surface area contributed by atoms with Crippen LogP contribution in [0.4, 0.5) is 0 Å². The van der Waals surface area contributed by atoms with Gasteiger partial charge in [0.25, 0.3) is 10.0 Å². The second kappa shape index (κ2) is 4.77. The molecule has 3 rings (SSSR count). The van der Waals surface area contributed by atoms with Gasteiger partial charge < -0.3 is 0 Å². The van der Waals surface area contributed by atoms with Gasteiger partial charge in [0.15, 0.2) is 10.2 Å². The number of halogens is 1. The summed E-state index contributed by atoms with van der Waals surface area (Å²) in [6.07, 6.45) is 5.00. The Kier molecular flexibility index (Phi) is 3.24. The van der Waals surface area contributed by atoms with Crippen LogP contribution in [0.15, 0.2) is 29.4 Å². The van der Waals surface area contributed by atoms with Crippen LogP contribution < -0.4 is 4.72 Å². The average Bonchev–Trinajstić information content (AvgIpc) is 2.63. The number of aromatic nitrogens is 2. The van der Waals surface area contributed by atoms with E-state index in [1.807, 2.05) is 0 Å². The number of sulfonamides is 1. The molecule has 102 valence electrons. The molecule has 0 aliphatic heterocycles. The first-order chi connectivity index (χ1) is 9.08. The number of rotatable bonds is 4. The molecule has 1 aliphatic rings. The van der Waals surface area contributed by atoms with Gasteiger partial charge in [-0.25, -0.2) is 18.1 Å². The zero-order valence-electron chi connectivity index (χ0n) is 10.2. The van der Waals surface area contributed by atoms with Crippen molar-refractivity contribution in [2.24, 2.45) is 5.92 Å². The van der Waals surface area contributed by atoms with Crippen molar-refractivity contribution in [3.05, 3.63) is 29.5 Å². The molecule has 2 aromatic heterocycles. The Labute approximate surface area is 116 Å². The summed E-state index contributed by atoms with van der Waals surface area (Å²) in [7, 11) is -3.63. The third-order valence-corrected chi connectivity index (χ3v) is 5.31. The lowest BCUT2D eigenvalue weighted by Crippen LogP contribution is -2.32. The highest BCUT2D eigenvalue weighted by Crippen LogP contribution is 2.27. The fraction of sp³-hybridized carbons (Fsp3) is 0.417. The van der Waals surface area contributed by atoms with Crippen molar-refractivity contribution < 1.29 is 8.42 Å². The van der Waals surface area contributed by atoms with E-state index in [4.69, 9.17) is 11.6 Å². The number of imidazole rings is 1. The van der Waals surface area contributed by atoms with E-state index >= 15 is 0 Å². The highest BCUT2D eigenvalue weighted by atomic mass is 35.5. The van der Waals surface area contributed by atoms with Crippen LogP contribution >= 0.6 is 11.6 Å². The molecule has 19 heavy (non-hydrogen) atoms. The van der Waals surface area contributed by atoms with E-state index in [0.717, 1.165) is 12.8 Å². The zero-order chi connectivity index (χ0) is 13.5. The zero-order valence-corrected chi connectivity index (χ0v) is 11.8. The SMILES string of the molecule is O=S(=O)(NCC1CCC1)c1c(Cl)nc2ccccn12. The fourth-order valence-electron chi connectivity index (χ4n) is 2.18. The summed E-state index contributed by atoms with van der Waals surface area (Å²) in [4.78, 5) is 4.05. The Morgan fingerprint density at radius 3 is 2.89 bits per heavy atom. The van der Waals surface area contributed by atoms with Gasteiger partial charge in [-0.2, -0.15) is 0 Å². The molecule has 0 bridgehead atoms. The van der Waals surface area contributed by atoms with Crippen molar-refractivity contribution in [3.63, 3.8) is 0 Å². The van der Waals surface area contributed by atoms with E-state index in [0.29, 0.717) is 18.1 Å². The minimum atomic E-state index is -3.63. The molecule has 0 aromatic carbocycles. The van der Waals surface area contributed by atoms with E-state index in [9.17, 15) is 8.42 Å². The number of pyridine rings is 1. The van der Waals surface area contributed by atoms with Gasteiger partial charge >= 0.3 is 0 Å². The molecule has 5 nitrogen and oxygen atoms in total. The van der Waals surface area contributed by atoms with Gasteiger partial charge in [-0.3, -0.25) is 4.40 Å². The maximum atomic E-state index is 12.3. The van der Waals surface area contributed by atoms with Crippen LogP contribution in [0.2, 0.25) is 5.15 Å². The van der Waals surface area contributed by atoms with E-state index in [2.05, 4.69) is 9.71 Å². The Balaban J connectivity index is 1.95. The molecular weight excluding hydrogens is 286 g/mol. The summed E-state index contributed by atoms with van der Waals surface area (Å²) in [5, 5.41) is 0.0244. The first kappa shape index (κ1) is 12.9. The van der Waals surface area contributed by atoms with Gasteiger partial charge in [-0.1, -0.05) is 24.1 Å². The largest absolute Gasteiger partial charge is 0.288 e. The maximum Gasteiger partial charge on any atom is 0.259 e. The van der Waals surface area contributed by atoms with Crippen LogP contribution in [-0.4, -0.2) is 24.3 Å². The Hall–Kier alpha value is -1.11. The molecule has 0 unspecified atom stereocenters. The normalized spacial score (nSPS) is 16.7. The van der Waals surface area contributed by atoms with Gasteiger partial charge in [-0.15, -0.1) is 0 Å². The molecule has 2 aromatic rings. The number of hydrogen-bond acceptors (Lipinski definition) is 3. The Morgan fingerprint density at radius 2 is 2.21 bits per heavy atom. The van der Waals surface area contributed by atoms with Crippen molar-refractivity contribution in [2.45, 2.75) is 24.3 Å². The van der Waals surface area contributed by atoms with Crippen molar-refractivity contribution in [1.29, 1.82) is 0 Å². The van der Waals surface area contributed by atoms with Gasteiger partial charge in [0.2, 0.25) is 0 Å². The molecule has 0 radical (unpaired) electrons. The van der Waals surface area contributed by atoms with Crippen molar-refractivity contribution in [3.8, 4) is 0 Å². The molecule has 2 heterocycles.